The highest BCUT2D eigenvalue weighted by Crippen LogP contribution is 2.29. The Balaban J connectivity index is 1.42. The fraction of sp³-hybridized carbons (Fsp3) is 0.226. The molecule has 11 nitrogen and oxygen atoms in total. The molecule has 1 aliphatic carbocycles. The number of pyridine rings is 1. The zero-order chi connectivity index (χ0) is 30.1. The lowest BCUT2D eigenvalue weighted by molar-refractivity contribution is -0.117. The van der Waals surface area contributed by atoms with E-state index in [1.165, 1.54) is 0 Å². The van der Waals surface area contributed by atoms with Gasteiger partial charge in [0, 0.05) is 41.8 Å². The Kier molecular flexibility index (Phi) is 7.51. The largest absolute Gasteiger partial charge is 0.315 e. The summed E-state index contributed by atoms with van der Waals surface area (Å²) in [7, 11) is 1.66. The number of rotatable bonds is 8. The molecule has 1 aliphatic rings. The van der Waals surface area contributed by atoms with Crippen molar-refractivity contribution >= 4 is 17.8 Å². The average molecular weight is 580 g/mol. The number of H-pyrrole nitrogens is 1. The summed E-state index contributed by atoms with van der Waals surface area (Å²) < 4.78 is 17.6. The molecular weight excluding hydrogens is 549 g/mol. The number of fused-ring (bicyclic) bond motifs is 1. The number of likely N-dealkylation sites (N-methyl/N-ethyl adjacent to an activating group) is 1. The number of allylic oxidation sites excluding steroid dienone is 1. The summed E-state index contributed by atoms with van der Waals surface area (Å²) in [5.74, 6) is -0.451. The highest BCUT2D eigenvalue weighted by Gasteiger charge is 2.21. The summed E-state index contributed by atoms with van der Waals surface area (Å²) in [5, 5.41) is 16.1. The minimum Gasteiger partial charge on any atom is -0.315 e. The minimum atomic E-state index is -1.00. The van der Waals surface area contributed by atoms with Crippen molar-refractivity contribution < 1.29 is 9.18 Å². The van der Waals surface area contributed by atoms with Gasteiger partial charge < -0.3 is 15.2 Å². The van der Waals surface area contributed by atoms with E-state index in [2.05, 4.69) is 36.0 Å². The molecule has 5 aromatic rings. The van der Waals surface area contributed by atoms with Crippen molar-refractivity contribution in [3.05, 3.63) is 100 Å². The van der Waals surface area contributed by atoms with E-state index in [0.717, 1.165) is 39.2 Å². The van der Waals surface area contributed by atoms with Gasteiger partial charge >= 0.3 is 0 Å². The lowest BCUT2D eigenvalue weighted by Crippen LogP contribution is -2.38. The molecule has 1 amide bonds. The van der Waals surface area contributed by atoms with Crippen molar-refractivity contribution in [1.82, 2.24) is 39.8 Å². The molecule has 12 heteroatoms. The maximum absolute atomic E-state index is 14.1. The number of aromatic amines is 1. The van der Waals surface area contributed by atoms with Crippen molar-refractivity contribution in [1.29, 1.82) is 0 Å². The Bertz CT molecular complexity index is 1890. The van der Waals surface area contributed by atoms with Gasteiger partial charge in [-0.2, -0.15) is 0 Å². The second-order valence-electron chi connectivity index (χ2n) is 10.5. The number of nitrogens with zero attached hydrogens (tertiary/aromatic N) is 6. The van der Waals surface area contributed by atoms with Crippen molar-refractivity contribution in [3.8, 4) is 28.2 Å². The van der Waals surface area contributed by atoms with Crippen LogP contribution in [-0.2, 0) is 17.8 Å². The average Bonchev–Trinajstić information content (AvgIpc) is 3.67. The predicted octanol–water partition coefficient (Wildman–Crippen LogP) is 3.69. The molecule has 6 rings (SSSR count). The van der Waals surface area contributed by atoms with Gasteiger partial charge in [-0.25, -0.2) is 9.37 Å². The number of benzene rings is 1. The lowest BCUT2D eigenvalue weighted by Gasteiger charge is -2.17. The fourth-order valence-corrected chi connectivity index (χ4v) is 5.18. The van der Waals surface area contributed by atoms with E-state index >= 15 is 0 Å². The number of nitrogens with one attached hydrogen (secondary N) is 3. The quantitative estimate of drug-likeness (QED) is 0.255. The summed E-state index contributed by atoms with van der Waals surface area (Å²) in [6.45, 7) is 3.82. The smallest absolute Gasteiger partial charge is 0.294 e. The van der Waals surface area contributed by atoms with Gasteiger partial charge in [0.15, 0.2) is 5.82 Å². The van der Waals surface area contributed by atoms with Crippen LogP contribution in [0.15, 0.2) is 72.2 Å². The number of aryl methyl sites for hydroxylation is 1. The van der Waals surface area contributed by atoms with Crippen molar-refractivity contribution in [2.75, 3.05) is 12.4 Å². The zero-order valence-electron chi connectivity index (χ0n) is 23.9. The van der Waals surface area contributed by atoms with E-state index in [1.54, 1.807) is 55.5 Å². The van der Waals surface area contributed by atoms with Crippen molar-refractivity contribution in [2.45, 2.75) is 39.0 Å². The van der Waals surface area contributed by atoms with E-state index < -0.39 is 17.8 Å². The maximum atomic E-state index is 14.1. The van der Waals surface area contributed by atoms with Crippen LogP contribution in [0, 0.1) is 6.92 Å². The van der Waals surface area contributed by atoms with E-state index in [0.29, 0.717) is 17.8 Å². The van der Waals surface area contributed by atoms with E-state index in [1.807, 2.05) is 48.0 Å². The summed E-state index contributed by atoms with van der Waals surface area (Å²) in [6, 6.07) is 8.98. The molecule has 2 atom stereocenters. The molecule has 0 saturated heterocycles. The summed E-state index contributed by atoms with van der Waals surface area (Å²) in [6.07, 6.45) is 11.4. The highest BCUT2D eigenvalue weighted by molar-refractivity contribution is 5.93. The Morgan fingerprint density at radius 2 is 2.05 bits per heavy atom. The molecule has 0 fully saturated rings. The van der Waals surface area contributed by atoms with Gasteiger partial charge in [0.25, 0.3) is 5.56 Å². The Morgan fingerprint density at radius 3 is 2.84 bits per heavy atom. The Labute approximate surface area is 246 Å². The molecular formula is C31H30FN9O2. The van der Waals surface area contributed by atoms with Gasteiger partial charge in [0.2, 0.25) is 5.91 Å². The number of halogens is 1. The first-order chi connectivity index (χ1) is 20.8. The molecule has 1 aromatic carbocycles. The van der Waals surface area contributed by atoms with Gasteiger partial charge in [0.1, 0.15) is 11.9 Å². The molecule has 0 aliphatic heterocycles. The zero-order valence-corrected chi connectivity index (χ0v) is 23.9. The topological polar surface area (TPSA) is 135 Å². The number of aromatic nitrogens is 7. The third kappa shape index (κ3) is 5.52. The second-order valence-corrected chi connectivity index (χ2v) is 10.5. The maximum Gasteiger partial charge on any atom is 0.294 e. The van der Waals surface area contributed by atoms with E-state index in [4.69, 9.17) is 0 Å². The summed E-state index contributed by atoms with van der Waals surface area (Å²) in [4.78, 5) is 35.3. The predicted molar refractivity (Wildman–Crippen MR) is 161 cm³/mol. The van der Waals surface area contributed by atoms with Gasteiger partial charge in [-0.15, -0.1) is 5.10 Å². The van der Waals surface area contributed by atoms with Crippen LogP contribution in [0.3, 0.4) is 0 Å². The van der Waals surface area contributed by atoms with Crippen LogP contribution in [0.1, 0.15) is 29.3 Å². The molecule has 3 N–H and O–H groups in total. The fourth-order valence-electron chi connectivity index (χ4n) is 5.18. The molecule has 218 valence electrons. The minimum absolute atomic E-state index is 0.0753. The van der Waals surface area contributed by atoms with Crippen LogP contribution in [0.4, 0.5) is 10.2 Å². The van der Waals surface area contributed by atoms with Crippen LogP contribution in [0.25, 0.3) is 34.3 Å². The number of alkyl halides is 1. The Morgan fingerprint density at radius 1 is 1.21 bits per heavy atom. The number of carbonyl (C=O) groups excluding carboxylic acids is 1. The van der Waals surface area contributed by atoms with Crippen LogP contribution < -0.4 is 16.2 Å². The number of amides is 1. The van der Waals surface area contributed by atoms with E-state index in [-0.39, 0.29) is 18.3 Å². The van der Waals surface area contributed by atoms with Crippen LogP contribution in [-0.4, -0.2) is 59.7 Å². The van der Waals surface area contributed by atoms with Gasteiger partial charge in [-0.1, -0.05) is 23.4 Å². The number of hydrogen-bond acceptors (Lipinski definition) is 7. The molecule has 4 heterocycles. The van der Waals surface area contributed by atoms with Crippen molar-refractivity contribution in [3.63, 3.8) is 0 Å². The molecule has 0 spiro atoms. The Hall–Kier alpha value is -5.23. The SMILES string of the molecule is CN[C@@H](C)C(=O)Nc1ncc(-c2cccc(-c3c[nH]nn3)c2)n(Cc2cncc(-n3cc(C)c4c3C=CC(F)C4)c2)c1=O. The first-order valence-electron chi connectivity index (χ1n) is 13.8. The second kappa shape index (κ2) is 11.6. The molecule has 1 unspecified atom stereocenters. The third-order valence-electron chi connectivity index (χ3n) is 7.62. The molecule has 43 heavy (non-hydrogen) atoms. The number of hydrogen-bond donors (Lipinski definition) is 3. The van der Waals surface area contributed by atoms with Crippen LogP contribution >= 0.6 is 0 Å². The van der Waals surface area contributed by atoms with Crippen molar-refractivity contribution in [2.24, 2.45) is 0 Å². The van der Waals surface area contributed by atoms with E-state index in [9.17, 15) is 14.0 Å². The number of carbonyl (C=O) groups is 1. The third-order valence-corrected chi connectivity index (χ3v) is 7.62. The molecule has 0 bridgehead atoms. The standard InChI is InChI=1S/C31H30FN9O2/c1-18-16-40(27-8-7-23(32)11-25(18)27)24-9-20(12-34-13-24)17-41-28(15-35-29(31(41)43)37-30(42)19(2)33-3)22-6-4-5-21(10-22)26-14-36-39-38-26/h4-10,12-16,19,23,33H,11,17H2,1-3H3,(H,35,37,42)(H,36,38,39)/t19-,23?/m0/s1. The molecule has 4 aromatic heterocycles. The van der Waals surface area contributed by atoms with Gasteiger partial charge in [-0.05, 0) is 61.9 Å². The molecule has 0 radical (unpaired) electrons. The van der Waals surface area contributed by atoms with Gasteiger partial charge in [-0.3, -0.25) is 24.2 Å². The summed E-state index contributed by atoms with van der Waals surface area (Å²) >= 11 is 0. The normalized spacial score (nSPS) is 14.8. The first-order valence-corrected chi connectivity index (χ1v) is 13.8. The number of anilines is 1. The summed E-state index contributed by atoms with van der Waals surface area (Å²) in [5.41, 5.74) is 6.72. The van der Waals surface area contributed by atoms with Crippen LogP contribution in [0.2, 0.25) is 0 Å². The van der Waals surface area contributed by atoms with Gasteiger partial charge in [0.05, 0.1) is 36.4 Å². The van der Waals surface area contributed by atoms with Crippen LogP contribution in [0.5, 0.6) is 0 Å². The monoisotopic (exact) mass is 579 g/mol. The lowest BCUT2D eigenvalue weighted by atomic mass is 10.00. The highest BCUT2D eigenvalue weighted by atomic mass is 19.1. The first kappa shape index (κ1) is 27.9. The molecule has 0 saturated carbocycles.